The van der Waals surface area contributed by atoms with Crippen molar-refractivity contribution < 1.29 is 23.9 Å². The summed E-state index contributed by atoms with van der Waals surface area (Å²) in [7, 11) is 0. The second kappa shape index (κ2) is 7.60. The van der Waals surface area contributed by atoms with Crippen LogP contribution in [-0.4, -0.2) is 34.5 Å². The molecule has 2 aromatic rings. The molecule has 4 rings (SSSR count). The van der Waals surface area contributed by atoms with Gasteiger partial charge in [0, 0.05) is 23.3 Å². The van der Waals surface area contributed by atoms with Gasteiger partial charge in [-0.05, 0) is 38.1 Å². The van der Waals surface area contributed by atoms with Crippen molar-refractivity contribution in [3.05, 3.63) is 54.1 Å². The molecule has 30 heavy (non-hydrogen) atoms. The van der Waals surface area contributed by atoms with E-state index in [1.165, 1.54) is 30.5 Å². The molecule has 0 saturated carbocycles. The molecular weight excluding hydrogens is 404 g/mol. The van der Waals surface area contributed by atoms with E-state index >= 15 is 0 Å². The molecule has 154 valence electrons. The van der Waals surface area contributed by atoms with Gasteiger partial charge in [0.2, 0.25) is 5.91 Å². The van der Waals surface area contributed by atoms with Crippen LogP contribution in [0, 0.1) is 0 Å². The lowest BCUT2D eigenvalue weighted by atomic mass is 10.1. The van der Waals surface area contributed by atoms with E-state index in [4.69, 9.17) is 4.74 Å². The number of esters is 1. The molecule has 1 saturated heterocycles. The Hall–Kier alpha value is -3.13. The first-order valence-corrected chi connectivity index (χ1v) is 10.4. The predicted octanol–water partition coefficient (Wildman–Crippen LogP) is 3.39. The van der Waals surface area contributed by atoms with Crippen LogP contribution in [0.15, 0.2) is 53.4 Å². The minimum atomic E-state index is -1.19. The summed E-state index contributed by atoms with van der Waals surface area (Å²) in [6.07, 6.45) is -0.553. The van der Waals surface area contributed by atoms with Crippen molar-refractivity contribution >= 4 is 46.7 Å². The number of rotatable bonds is 5. The van der Waals surface area contributed by atoms with Gasteiger partial charge in [-0.3, -0.25) is 19.3 Å². The fraction of sp³-hybridized carbons (Fsp3) is 0.273. The number of para-hydroxylation sites is 2. The number of thioether (sulfide) groups is 1. The maximum atomic E-state index is 13.1. The molecule has 2 aromatic carbocycles. The summed E-state index contributed by atoms with van der Waals surface area (Å²) in [5, 5.41) is 2.65. The Balaban J connectivity index is 1.51. The standard InChI is InChI=1S/C22H20N2O5S/c1-13(25)15-7-3-4-8-16(15)23-20(27)14(2)29-21(28)22-12-11-19(26)24(22)17-9-5-6-10-18(17)30-22/h3-10,14H,11-12H2,1-2H3,(H,23,27). The molecule has 0 aliphatic carbocycles. The van der Waals surface area contributed by atoms with E-state index in [1.54, 1.807) is 30.3 Å². The van der Waals surface area contributed by atoms with Crippen molar-refractivity contribution in [1.82, 2.24) is 0 Å². The Morgan fingerprint density at radius 1 is 1.13 bits per heavy atom. The summed E-state index contributed by atoms with van der Waals surface area (Å²) in [5.41, 5.74) is 1.42. The van der Waals surface area contributed by atoms with Gasteiger partial charge in [-0.1, -0.05) is 36.0 Å². The number of hydrogen-bond donors (Lipinski definition) is 1. The number of benzene rings is 2. The molecular formula is C22H20N2O5S. The molecule has 0 spiro atoms. The number of nitrogens with one attached hydrogen (secondary N) is 1. The van der Waals surface area contributed by atoms with Crippen LogP contribution in [0.1, 0.15) is 37.0 Å². The highest BCUT2D eigenvalue weighted by atomic mass is 32.2. The third-order valence-electron chi connectivity index (χ3n) is 5.21. The van der Waals surface area contributed by atoms with E-state index < -0.39 is 22.9 Å². The number of amides is 2. The first-order valence-electron chi connectivity index (χ1n) is 9.56. The smallest absolute Gasteiger partial charge is 0.344 e. The van der Waals surface area contributed by atoms with E-state index in [-0.39, 0.29) is 18.1 Å². The second-order valence-corrected chi connectivity index (χ2v) is 8.54. The highest BCUT2D eigenvalue weighted by Gasteiger charge is 2.58. The molecule has 2 amide bonds. The lowest BCUT2D eigenvalue weighted by Gasteiger charge is -2.29. The summed E-state index contributed by atoms with van der Waals surface area (Å²) < 4.78 is 5.50. The molecule has 0 aromatic heterocycles. The van der Waals surface area contributed by atoms with Crippen molar-refractivity contribution in [2.24, 2.45) is 0 Å². The van der Waals surface area contributed by atoms with Crippen molar-refractivity contribution in [1.29, 1.82) is 0 Å². The van der Waals surface area contributed by atoms with E-state index in [9.17, 15) is 19.2 Å². The lowest BCUT2D eigenvalue weighted by Crippen LogP contribution is -2.49. The molecule has 2 aliphatic rings. The summed E-state index contributed by atoms with van der Waals surface area (Å²) in [5.74, 6) is -1.51. The van der Waals surface area contributed by atoms with Gasteiger partial charge in [-0.25, -0.2) is 4.79 Å². The number of hydrogen-bond acceptors (Lipinski definition) is 6. The van der Waals surface area contributed by atoms with Gasteiger partial charge in [0.05, 0.1) is 11.4 Å². The minimum Gasteiger partial charge on any atom is -0.450 e. The van der Waals surface area contributed by atoms with Gasteiger partial charge in [0.25, 0.3) is 5.91 Å². The van der Waals surface area contributed by atoms with Crippen LogP contribution in [0.2, 0.25) is 0 Å². The number of carbonyl (C=O) groups is 4. The van der Waals surface area contributed by atoms with Crippen LogP contribution < -0.4 is 10.2 Å². The molecule has 0 radical (unpaired) electrons. The molecule has 1 N–H and O–H groups in total. The minimum absolute atomic E-state index is 0.142. The second-order valence-electron chi connectivity index (χ2n) is 7.22. The highest BCUT2D eigenvalue weighted by molar-refractivity contribution is 8.02. The average molecular weight is 424 g/mol. The zero-order chi connectivity index (χ0) is 21.5. The summed E-state index contributed by atoms with van der Waals surface area (Å²) in [6, 6.07) is 14.0. The number of ketones is 1. The Labute approximate surface area is 177 Å². The number of carbonyl (C=O) groups excluding carboxylic acids is 4. The SMILES string of the molecule is CC(=O)c1ccccc1NC(=O)C(C)OC(=O)C12CCC(=O)N1c1ccccc1S2. The Morgan fingerprint density at radius 3 is 2.60 bits per heavy atom. The highest BCUT2D eigenvalue weighted by Crippen LogP contribution is 2.56. The average Bonchev–Trinajstić information content (AvgIpc) is 3.24. The van der Waals surface area contributed by atoms with Crippen molar-refractivity contribution in [2.45, 2.75) is 42.6 Å². The maximum Gasteiger partial charge on any atom is 0.344 e. The molecule has 1 fully saturated rings. The van der Waals surface area contributed by atoms with Crippen molar-refractivity contribution in [3.63, 3.8) is 0 Å². The number of anilines is 2. The number of Topliss-reactive ketones (excluding diaryl/α,β-unsaturated/α-hetero) is 1. The fourth-order valence-corrected chi connectivity index (χ4v) is 5.11. The van der Waals surface area contributed by atoms with E-state index in [1.807, 2.05) is 18.2 Å². The van der Waals surface area contributed by atoms with Gasteiger partial charge in [-0.15, -0.1) is 0 Å². The largest absolute Gasteiger partial charge is 0.450 e. The topological polar surface area (TPSA) is 92.8 Å². The molecule has 2 aliphatic heterocycles. The number of fused-ring (bicyclic) bond motifs is 3. The van der Waals surface area contributed by atoms with Crippen LogP contribution in [-0.2, 0) is 19.1 Å². The Morgan fingerprint density at radius 2 is 1.83 bits per heavy atom. The first kappa shape index (κ1) is 20.2. The fourth-order valence-electron chi connectivity index (χ4n) is 3.71. The number of nitrogens with zero attached hydrogens (tertiary/aromatic N) is 1. The maximum absolute atomic E-state index is 13.1. The molecule has 8 heteroatoms. The Kier molecular flexibility index (Phi) is 5.11. The zero-order valence-electron chi connectivity index (χ0n) is 16.5. The summed E-state index contributed by atoms with van der Waals surface area (Å²) >= 11 is 1.28. The monoisotopic (exact) mass is 424 g/mol. The van der Waals surface area contributed by atoms with E-state index in [0.29, 0.717) is 23.4 Å². The van der Waals surface area contributed by atoms with Crippen molar-refractivity contribution in [2.75, 3.05) is 10.2 Å². The van der Waals surface area contributed by atoms with Crippen LogP contribution in [0.3, 0.4) is 0 Å². The van der Waals surface area contributed by atoms with Gasteiger partial charge < -0.3 is 10.1 Å². The van der Waals surface area contributed by atoms with Crippen molar-refractivity contribution in [3.8, 4) is 0 Å². The van der Waals surface area contributed by atoms with E-state index in [0.717, 1.165) is 4.90 Å². The molecule has 0 bridgehead atoms. The van der Waals surface area contributed by atoms with Gasteiger partial charge in [0.15, 0.2) is 16.8 Å². The van der Waals surface area contributed by atoms with Gasteiger partial charge in [-0.2, -0.15) is 0 Å². The summed E-state index contributed by atoms with van der Waals surface area (Å²) in [4.78, 5) is 51.1. The molecule has 7 nitrogen and oxygen atoms in total. The van der Waals surface area contributed by atoms with Crippen LogP contribution in [0.25, 0.3) is 0 Å². The first-order chi connectivity index (χ1) is 14.3. The Bertz CT molecular complexity index is 1070. The molecule has 2 unspecified atom stereocenters. The van der Waals surface area contributed by atoms with Crippen LogP contribution >= 0.6 is 11.8 Å². The van der Waals surface area contributed by atoms with Crippen LogP contribution in [0.4, 0.5) is 11.4 Å². The predicted molar refractivity (Wildman–Crippen MR) is 112 cm³/mol. The van der Waals surface area contributed by atoms with Gasteiger partial charge in [0.1, 0.15) is 0 Å². The quantitative estimate of drug-likeness (QED) is 0.584. The van der Waals surface area contributed by atoms with Crippen LogP contribution in [0.5, 0.6) is 0 Å². The molecule has 2 atom stereocenters. The third-order valence-corrected chi connectivity index (χ3v) is 6.67. The lowest BCUT2D eigenvalue weighted by molar-refractivity contribution is -0.155. The normalized spacial score (nSPS) is 20.3. The number of ether oxygens (including phenoxy) is 1. The third kappa shape index (κ3) is 3.27. The summed E-state index contributed by atoms with van der Waals surface area (Å²) in [6.45, 7) is 2.88. The van der Waals surface area contributed by atoms with E-state index in [2.05, 4.69) is 5.32 Å². The molecule has 2 heterocycles. The zero-order valence-corrected chi connectivity index (χ0v) is 17.3. The van der Waals surface area contributed by atoms with Gasteiger partial charge >= 0.3 is 5.97 Å².